The Morgan fingerprint density at radius 2 is 2.00 bits per heavy atom. The molecular formula is C15H14BrN3. The van der Waals surface area contributed by atoms with Crippen molar-refractivity contribution in [2.75, 3.05) is 5.73 Å². The van der Waals surface area contributed by atoms with Gasteiger partial charge in [0.1, 0.15) is 5.82 Å². The van der Waals surface area contributed by atoms with Crippen LogP contribution in [0.1, 0.15) is 5.56 Å². The lowest BCUT2D eigenvalue weighted by atomic mass is 10.2. The van der Waals surface area contributed by atoms with Crippen LogP contribution in [0.25, 0.3) is 22.4 Å². The van der Waals surface area contributed by atoms with Gasteiger partial charge in [-0.05, 0) is 52.7 Å². The lowest BCUT2D eigenvalue weighted by Crippen LogP contribution is -1.95. The van der Waals surface area contributed by atoms with E-state index < -0.39 is 0 Å². The molecule has 3 rings (SSSR count). The Labute approximate surface area is 120 Å². The van der Waals surface area contributed by atoms with E-state index in [0.29, 0.717) is 0 Å². The number of fused-ring (bicyclic) bond motifs is 1. The Morgan fingerprint density at radius 3 is 2.68 bits per heavy atom. The summed E-state index contributed by atoms with van der Waals surface area (Å²) < 4.78 is 3.03. The fraction of sp³-hybridized carbons (Fsp3) is 0.133. The van der Waals surface area contributed by atoms with E-state index in [0.717, 1.165) is 27.1 Å². The third-order valence-electron chi connectivity index (χ3n) is 3.35. The predicted molar refractivity (Wildman–Crippen MR) is 83.0 cm³/mol. The summed E-state index contributed by atoms with van der Waals surface area (Å²) >= 11 is 3.41. The number of para-hydroxylation sites is 1. The molecule has 0 atom stereocenters. The second kappa shape index (κ2) is 4.38. The molecule has 0 radical (unpaired) electrons. The van der Waals surface area contributed by atoms with Crippen molar-refractivity contribution in [1.82, 2.24) is 9.55 Å². The molecule has 19 heavy (non-hydrogen) atoms. The molecule has 0 aliphatic heterocycles. The van der Waals surface area contributed by atoms with E-state index in [1.165, 1.54) is 11.1 Å². The molecule has 1 heterocycles. The van der Waals surface area contributed by atoms with Crippen molar-refractivity contribution >= 4 is 32.7 Å². The number of benzene rings is 2. The summed E-state index contributed by atoms with van der Waals surface area (Å²) in [5.74, 6) is 0.934. The third kappa shape index (κ3) is 1.92. The maximum atomic E-state index is 5.95. The van der Waals surface area contributed by atoms with Gasteiger partial charge >= 0.3 is 0 Å². The summed E-state index contributed by atoms with van der Waals surface area (Å²) in [6, 6.07) is 12.1. The molecule has 4 heteroatoms. The van der Waals surface area contributed by atoms with Gasteiger partial charge in [0.2, 0.25) is 0 Å². The van der Waals surface area contributed by atoms with E-state index >= 15 is 0 Å². The molecule has 2 aromatic carbocycles. The maximum Gasteiger partial charge on any atom is 0.140 e. The lowest BCUT2D eigenvalue weighted by Gasteiger charge is -2.05. The average Bonchev–Trinajstić information content (AvgIpc) is 2.72. The number of rotatable bonds is 1. The quantitative estimate of drug-likeness (QED) is 0.692. The Balaban J connectivity index is 2.28. The summed E-state index contributed by atoms with van der Waals surface area (Å²) in [6.45, 7) is 2.10. The standard InChI is InChI=1S/C15H14BrN3/c1-9-4-3-5-13-14(9)19(2)15(18-13)10-6-7-11(16)12(17)8-10/h3-8H,17H2,1-2H3. The minimum absolute atomic E-state index is 0.723. The number of aryl methyl sites for hydroxylation is 2. The van der Waals surface area contributed by atoms with Crippen LogP contribution in [0.5, 0.6) is 0 Å². The number of hydrogen-bond donors (Lipinski definition) is 1. The molecule has 2 N–H and O–H groups in total. The van der Waals surface area contributed by atoms with Crippen molar-refractivity contribution in [1.29, 1.82) is 0 Å². The molecule has 0 aliphatic carbocycles. The Bertz CT molecular complexity index is 774. The largest absolute Gasteiger partial charge is 0.398 e. The number of halogens is 1. The molecule has 1 aromatic heterocycles. The van der Waals surface area contributed by atoms with Gasteiger partial charge in [0.15, 0.2) is 0 Å². The van der Waals surface area contributed by atoms with E-state index in [1.807, 2.05) is 37.4 Å². The van der Waals surface area contributed by atoms with Crippen molar-refractivity contribution in [3.63, 3.8) is 0 Å². The zero-order valence-corrected chi connectivity index (χ0v) is 12.4. The molecule has 0 bridgehead atoms. The van der Waals surface area contributed by atoms with Gasteiger partial charge in [0.25, 0.3) is 0 Å². The summed E-state index contributed by atoms with van der Waals surface area (Å²) in [4.78, 5) is 4.71. The van der Waals surface area contributed by atoms with E-state index in [9.17, 15) is 0 Å². The van der Waals surface area contributed by atoms with Gasteiger partial charge < -0.3 is 10.3 Å². The van der Waals surface area contributed by atoms with Gasteiger partial charge in [0, 0.05) is 22.8 Å². The van der Waals surface area contributed by atoms with Crippen molar-refractivity contribution in [2.45, 2.75) is 6.92 Å². The molecule has 0 spiro atoms. The first-order valence-electron chi connectivity index (χ1n) is 6.05. The van der Waals surface area contributed by atoms with Crippen molar-refractivity contribution in [3.05, 3.63) is 46.4 Å². The number of anilines is 1. The fourth-order valence-electron chi connectivity index (χ4n) is 2.41. The highest BCUT2D eigenvalue weighted by atomic mass is 79.9. The van der Waals surface area contributed by atoms with Crippen LogP contribution >= 0.6 is 15.9 Å². The summed E-state index contributed by atoms with van der Waals surface area (Å²) in [7, 11) is 2.04. The number of nitrogens with two attached hydrogens (primary N) is 1. The van der Waals surface area contributed by atoms with Gasteiger partial charge in [-0.15, -0.1) is 0 Å². The number of aromatic nitrogens is 2. The van der Waals surface area contributed by atoms with Crippen LogP contribution in [0, 0.1) is 6.92 Å². The summed E-state index contributed by atoms with van der Waals surface area (Å²) in [6.07, 6.45) is 0. The molecule has 0 aliphatic rings. The molecule has 0 fully saturated rings. The molecule has 0 unspecified atom stereocenters. The molecule has 0 saturated heterocycles. The monoisotopic (exact) mass is 315 g/mol. The highest BCUT2D eigenvalue weighted by Gasteiger charge is 2.11. The van der Waals surface area contributed by atoms with Crippen molar-refractivity contribution in [3.8, 4) is 11.4 Å². The van der Waals surface area contributed by atoms with Crippen LogP contribution in [-0.4, -0.2) is 9.55 Å². The Kier molecular flexibility index (Phi) is 2.82. The SMILES string of the molecule is Cc1cccc2nc(-c3ccc(Br)c(N)c3)n(C)c12. The van der Waals surface area contributed by atoms with Crippen LogP contribution < -0.4 is 5.73 Å². The Hall–Kier alpha value is -1.81. The van der Waals surface area contributed by atoms with Gasteiger partial charge in [-0.3, -0.25) is 0 Å². The molecule has 3 aromatic rings. The maximum absolute atomic E-state index is 5.95. The van der Waals surface area contributed by atoms with E-state index in [4.69, 9.17) is 10.7 Å². The van der Waals surface area contributed by atoms with Gasteiger partial charge in [-0.1, -0.05) is 12.1 Å². The summed E-state index contributed by atoms with van der Waals surface area (Å²) in [5, 5.41) is 0. The number of nitrogens with zero attached hydrogens (tertiary/aromatic N) is 2. The number of hydrogen-bond acceptors (Lipinski definition) is 2. The van der Waals surface area contributed by atoms with Crippen molar-refractivity contribution < 1.29 is 0 Å². The van der Waals surface area contributed by atoms with Crippen LogP contribution in [0.2, 0.25) is 0 Å². The topological polar surface area (TPSA) is 43.8 Å². The molecule has 96 valence electrons. The molecule has 0 amide bonds. The van der Waals surface area contributed by atoms with Gasteiger partial charge in [0.05, 0.1) is 11.0 Å². The van der Waals surface area contributed by atoms with E-state index in [-0.39, 0.29) is 0 Å². The molecule has 0 saturated carbocycles. The minimum atomic E-state index is 0.723. The third-order valence-corrected chi connectivity index (χ3v) is 4.07. The fourth-order valence-corrected chi connectivity index (χ4v) is 2.65. The van der Waals surface area contributed by atoms with E-state index in [1.54, 1.807) is 0 Å². The van der Waals surface area contributed by atoms with Gasteiger partial charge in [-0.2, -0.15) is 0 Å². The summed E-state index contributed by atoms with van der Waals surface area (Å²) in [5.41, 5.74) is 11.1. The first kappa shape index (κ1) is 12.2. The predicted octanol–water partition coefficient (Wildman–Crippen LogP) is 3.89. The normalized spacial score (nSPS) is 11.1. The number of imidazole rings is 1. The molecular weight excluding hydrogens is 302 g/mol. The smallest absolute Gasteiger partial charge is 0.140 e. The van der Waals surface area contributed by atoms with Crippen LogP contribution in [-0.2, 0) is 7.05 Å². The lowest BCUT2D eigenvalue weighted by molar-refractivity contribution is 0.955. The van der Waals surface area contributed by atoms with Gasteiger partial charge in [-0.25, -0.2) is 4.98 Å². The van der Waals surface area contributed by atoms with Crippen LogP contribution in [0.4, 0.5) is 5.69 Å². The Morgan fingerprint density at radius 1 is 1.21 bits per heavy atom. The van der Waals surface area contributed by atoms with Crippen molar-refractivity contribution in [2.24, 2.45) is 7.05 Å². The zero-order valence-electron chi connectivity index (χ0n) is 10.8. The first-order chi connectivity index (χ1) is 9.08. The zero-order chi connectivity index (χ0) is 13.6. The minimum Gasteiger partial charge on any atom is -0.398 e. The van der Waals surface area contributed by atoms with Crippen LogP contribution in [0.15, 0.2) is 40.9 Å². The van der Waals surface area contributed by atoms with Crippen LogP contribution in [0.3, 0.4) is 0 Å². The average molecular weight is 316 g/mol. The second-order valence-corrected chi connectivity index (χ2v) is 5.53. The second-order valence-electron chi connectivity index (χ2n) is 4.67. The molecule has 3 nitrogen and oxygen atoms in total. The number of nitrogen functional groups attached to an aromatic ring is 1. The van der Waals surface area contributed by atoms with E-state index in [2.05, 4.69) is 33.5 Å². The highest BCUT2D eigenvalue weighted by Crippen LogP contribution is 2.29. The highest BCUT2D eigenvalue weighted by molar-refractivity contribution is 9.10. The first-order valence-corrected chi connectivity index (χ1v) is 6.84.